The molecule has 1 N–H and O–H groups in total. The molecule has 0 aliphatic heterocycles. The Bertz CT molecular complexity index is 873. The molecule has 0 fully saturated rings. The summed E-state index contributed by atoms with van der Waals surface area (Å²) in [5, 5.41) is 0. The topological polar surface area (TPSA) is 85.1 Å². The maximum atomic E-state index is 12.3. The summed E-state index contributed by atoms with van der Waals surface area (Å²) in [7, 11) is -3.60. The maximum Gasteiger partial charge on any atom is 0.240 e. The first kappa shape index (κ1) is 13.7. The molecule has 3 aromatic rings. The highest BCUT2D eigenvalue weighted by Gasteiger charge is 2.15. The molecule has 0 atom stereocenters. The maximum absolute atomic E-state index is 12.3. The summed E-state index contributed by atoms with van der Waals surface area (Å²) < 4.78 is 32.4. The predicted octanol–water partition coefficient (Wildman–Crippen LogP) is 2.01. The number of aromatic nitrogens is 2. The van der Waals surface area contributed by atoms with E-state index in [0.717, 1.165) is 5.56 Å². The van der Waals surface area contributed by atoms with E-state index in [2.05, 4.69) is 14.7 Å². The average Bonchev–Trinajstić information content (AvgIpc) is 2.85. The van der Waals surface area contributed by atoms with Crippen molar-refractivity contribution in [1.29, 1.82) is 0 Å². The van der Waals surface area contributed by atoms with Crippen molar-refractivity contribution in [3.05, 3.63) is 54.2 Å². The second-order valence-electron chi connectivity index (χ2n) is 4.55. The lowest BCUT2D eigenvalue weighted by atomic mass is 10.3. The van der Waals surface area contributed by atoms with Gasteiger partial charge in [0.25, 0.3) is 0 Å². The molecule has 0 aliphatic rings. The summed E-state index contributed by atoms with van der Waals surface area (Å²) in [6.45, 7) is 1.90. The van der Waals surface area contributed by atoms with Crippen molar-refractivity contribution in [3.63, 3.8) is 0 Å². The molecule has 0 unspecified atom stereocenters. The lowest BCUT2D eigenvalue weighted by Gasteiger charge is -2.06. The number of aryl methyl sites for hydroxylation is 1. The number of hydrogen-bond acceptors (Lipinski definition) is 5. The summed E-state index contributed by atoms with van der Waals surface area (Å²) in [5.41, 5.74) is 1.88. The van der Waals surface area contributed by atoms with E-state index in [1.807, 2.05) is 0 Å². The Morgan fingerprint density at radius 1 is 1.29 bits per heavy atom. The van der Waals surface area contributed by atoms with Crippen LogP contribution in [0.25, 0.3) is 11.1 Å². The number of nitrogens with zero attached hydrogens (tertiary/aromatic N) is 2. The molecule has 0 bridgehead atoms. The van der Waals surface area contributed by atoms with Crippen molar-refractivity contribution in [3.8, 4) is 0 Å². The summed E-state index contributed by atoms with van der Waals surface area (Å²) in [6.07, 6.45) is 3.26. The standard InChI is InChI=1S/C14H13N3O3S/c1-10-17-13-7-12(4-5-14(13)20-10)21(18,19)16-9-11-3-2-6-15-8-11/h2-8,16H,9H2,1H3. The van der Waals surface area contributed by atoms with Crippen LogP contribution in [0.2, 0.25) is 0 Å². The van der Waals surface area contributed by atoms with Crippen molar-refractivity contribution in [2.45, 2.75) is 18.4 Å². The molecule has 0 saturated heterocycles. The zero-order valence-corrected chi connectivity index (χ0v) is 12.1. The molecule has 0 aliphatic carbocycles. The van der Waals surface area contributed by atoms with Gasteiger partial charge in [-0.15, -0.1) is 0 Å². The van der Waals surface area contributed by atoms with Gasteiger partial charge in [0.2, 0.25) is 10.0 Å². The number of fused-ring (bicyclic) bond motifs is 1. The molecule has 7 heteroatoms. The summed E-state index contributed by atoms with van der Waals surface area (Å²) in [4.78, 5) is 8.24. The number of benzene rings is 1. The van der Waals surface area contributed by atoms with E-state index in [1.54, 1.807) is 37.5 Å². The molecule has 3 rings (SSSR count). The first-order valence-electron chi connectivity index (χ1n) is 6.30. The molecule has 0 amide bonds. The molecule has 0 saturated carbocycles. The monoisotopic (exact) mass is 303 g/mol. The molecule has 2 heterocycles. The lowest BCUT2D eigenvalue weighted by molar-refractivity contribution is 0.561. The number of nitrogens with one attached hydrogen (secondary N) is 1. The Hall–Kier alpha value is -2.25. The number of sulfonamides is 1. The molecule has 21 heavy (non-hydrogen) atoms. The van der Waals surface area contributed by atoms with Crippen LogP contribution < -0.4 is 4.72 Å². The highest BCUT2D eigenvalue weighted by atomic mass is 32.2. The highest BCUT2D eigenvalue weighted by molar-refractivity contribution is 7.89. The first-order chi connectivity index (χ1) is 10.0. The normalized spacial score (nSPS) is 11.9. The van der Waals surface area contributed by atoms with Crippen LogP contribution in [-0.4, -0.2) is 18.4 Å². The molecule has 0 radical (unpaired) electrons. The van der Waals surface area contributed by atoms with Crippen molar-refractivity contribution in [1.82, 2.24) is 14.7 Å². The van der Waals surface area contributed by atoms with Crippen LogP contribution in [0.5, 0.6) is 0 Å². The highest BCUT2D eigenvalue weighted by Crippen LogP contribution is 2.19. The minimum atomic E-state index is -3.60. The Morgan fingerprint density at radius 2 is 2.14 bits per heavy atom. The van der Waals surface area contributed by atoms with Crippen molar-refractivity contribution >= 4 is 21.1 Å². The van der Waals surface area contributed by atoms with E-state index < -0.39 is 10.0 Å². The van der Waals surface area contributed by atoms with Crippen LogP contribution in [0.4, 0.5) is 0 Å². The number of pyridine rings is 1. The second-order valence-corrected chi connectivity index (χ2v) is 6.32. The van der Waals surface area contributed by atoms with Gasteiger partial charge >= 0.3 is 0 Å². The number of hydrogen-bond donors (Lipinski definition) is 1. The zero-order chi connectivity index (χ0) is 14.9. The fraction of sp³-hybridized carbons (Fsp3) is 0.143. The van der Waals surface area contributed by atoms with Gasteiger partial charge < -0.3 is 4.42 Å². The SMILES string of the molecule is Cc1nc2cc(S(=O)(=O)NCc3cccnc3)ccc2o1. The van der Waals surface area contributed by atoms with Gasteiger partial charge in [-0.25, -0.2) is 18.1 Å². The van der Waals surface area contributed by atoms with E-state index >= 15 is 0 Å². The predicted molar refractivity (Wildman–Crippen MR) is 77.0 cm³/mol. The van der Waals surface area contributed by atoms with Crippen LogP contribution in [0.1, 0.15) is 11.5 Å². The van der Waals surface area contributed by atoms with Crippen molar-refractivity contribution < 1.29 is 12.8 Å². The van der Waals surface area contributed by atoms with E-state index in [9.17, 15) is 8.42 Å². The minimum Gasteiger partial charge on any atom is -0.441 e. The minimum absolute atomic E-state index is 0.159. The largest absolute Gasteiger partial charge is 0.441 e. The van der Waals surface area contributed by atoms with E-state index in [4.69, 9.17) is 4.42 Å². The molecule has 108 valence electrons. The van der Waals surface area contributed by atoms with Gasteiger partial charge in [0.05, 0.1) is 4.90 Å². The molecule has 0 spiro atoms. The quantitative estimate of drug-likeness (QED) is 0.797. The Labute approximate surface area is 121 Å². The van der Waals surface area contributed by atoms with Crippen molar-refractivity contribution in [2.24, 2.45) is 0 Å². The molecule has 1 aromatic carbocycles. The lowest BCUT2D eigenvalue weighted by Crippen LogP contribution is -2.23. The Balaban J connectivity index is 1.85. The van der Waals surface area contributed by atoms with Crippen molar-refractivity contribution in [2.75, 3.05) is 0 Å². The van der Waals surface area contributed by atoms with Gasteiger partial charge in [-0.1, -0.05) is 6.07 Å². The summed E-state index contributed by atoms with van der Waals surface area (Å²) in [6, 6.07) is 8.16. The number of oxazole rings is 1. The van der Waals surface area contributed by atoms with E-state index in [0.29, 0.717) is 17.0 Å². The Morgan fingerprint density at radius 3 is 2.90 bits per heavy atom. The first-order valence-corrected chi connectivity index (χ1v) is 7.79. The van der Waals surface area contributed by atoms with Gasteiger partial charge in [0.1, 0.15) is 5.52 Å². The molecular formula is C14H13N3O3S. The van der Waals surface area contributed by atoms with Crippen LogP contribution in [-0.2, 0) is 16.6 Å². The average molecular weight is 303 g/mol. The van der Waals surface area contributed by atoms with E-state index in [1.165, 1.54) is 12.1 Å². The van der Waals surface area contributed by atoms with E-state index in [-0.39, 0.29) is 11.4 Å². The van der Waals surface area contributed by atoms with Crippen LogP contribution in [0.3, 0.4) is 0 Å². The molecule has 2 aromatic heterocycles. The fourth-order valence-electron chi connectivity index (χ4n) is 1.95. The van der Waals surface area contributed by atoms with Gasteiger partial charge in [-0.2, -0.15) is 0 Å². The zero-order valence-electron chi connectivity index (χ0n) is 11.3. The van der Waals surface area contributed by atoms with Crippen LogP contribution in [0.15, 0.2) is 52.0 Å². The van der Waals surface area contributed by atoms with Gasteiger partial charge in [0, 0.05) is 25.9 Å². The Kier molecular flexibility index (Phi) is 3.44. The summed E-state index contributed by atoms with van der Waals surface area (Å²) >= 11 is 0. The van der Waals surface area contributed by atoms with Crippen LogP contribution in [0, 0.1) is 6.92 Å². The third-order valence-electron chi connectivity index (χ3n) is 2.97. The van der Waals surface area contributed by atoms with Gasteiger partial charge in [-0.3, -0.25) is 4.98 Å². The smallest absolute Gasteiger partial charge is 0.240 e. The van der Waals surface area contributed by atoms with Gasteiger partial charge in [-0.05, 0) is 29.8 Å². The fourth-order valence-corrected chi connectivity index (χ4v) is 2.99. The van der Waals surface area contributed by atoms with Gasteiger partial charge in [0.15, 0.2) is 11.5 Å². The van der Waals surface area contributed by atoms with Crippen LogP contribution >= 0.6 is 0 Å². The molecule has 6 nitrogen and oxygen atoms in total. The third kappa shape index (κ3) is 2.93. The second kappa shape index (κ2) is 5.27. The third-order valence-corrected chi connectivity index (χ3v) is 4.36. The summed E-state index contributed by atoms with van der Waals surface area (Å²) in [5.74, 6) is 0.503. The molecular weight excluding hydrogens is 290 g/mol. The number of rotatable bonds is 4.